The molecule has 0 spiro atoms. The van der Waals surface area contributed by atoms with Crippen molar-refractivity contribution >= 4 is 57.3 Å². The molecule has 0 saturated carbocycles. The first kappa shape index (κ1) is 17.5. The van der Waals surface area contributed by atoms with Gasteiger partial charge in [0.2, 0.25) is 0 Å². The first-order chi connectivity index (χ1) is 13.0. The fourth-order valence-corrected chi connectivity index (χ4v) is 4.36. The maximum atomic E-state index is 12.9. The number of carbonyl (C=O) groups excluding carboxylic acids is 2. The number of thiocarbonyl (C=S) groups is 1. The van der Waals surface area contributed by atoms with Crippen molar-refractivity contribution in [3.05, 3.63) is 58.9 Å². The summed E-state index contributed by atoms with van der Waals surface area (Å²) in [4.78, 5) is 39.8. The number of anilines is 1. The largest absolute Gasteiger partial charge is 0.480 e. The number of thioether (sulfide) groups is 1. The van der Waals surface area contributed by atoms with Crippen LogP contribution in [0.2, 0.25) is 0 Å². The lowest BCUT2D eigenvalue weighted by Crippen LogP contribution is -2.32. The molecule has 27 heavy (non-hydrogen) atoms. The smallest absolute Gasteiger partial charge is 0.323 e. The van der Waals surface area contributed by atoms with Gasteiger partial charge < -0.3 is 9.52 Å². The second-order valence-electron chi connectivity index (χ2n) is 5.84. The molecule has 7 nitrogen and oxygen atoms in total. The topological polar surface area (TPSA) is 91.1 Å². The fraction of sp³-hybridized carbons (Fsp3) is 0.111. The van der Waals surface area contributed by atoms with Crippen LogP contribution in [0.25, 0.3) is 5.57 Å². The lowest BCUT2D eigenvalue weighted by atomic mass is 10.1. The van der Waals surface area contributed by atoms with Crippen molar-refractivity contribution in [2.45, 2.75) is 6.54 Å². The van der Waals surface area contributed by atoms with Gasteiger partial charge in [0.05, 0.1) is 29.0 Å². The van der Waals surface area contributed by atoms with Gasteiger partial charge in [0, 0.05) is 5.56 Å². The Morgan fingerprint density at radius 3 is 2.59 bits per heavy atom. The predicted molar refractivity (Wildman–Crippen MR) is 103 cm³/mol. The van der Waals surface area contributed by atoms with E-state index in [1.54, 1.807) is 36.4 Å². The minimum Gasteiger partial charge on any atom is -0.480 e. The van der Waals surface area contributed by atoms with E-state index >= 15 is 0 Å². The van der Waals surface area contributed by atoms with E-state index in [4.69, 9.17) is 21.7 Å². The van der Waals surface area contributed by atoms with Crippen molar-refractivity contribution < 1.29 is 23.9 Å². The zero-order valence-electron chi connectivity index (χ0n) is 13.7. The molecule has 1 fully saturated rings. The number of nitrogens with zero attached hydrogens (tertiary/aromatic N) is 2. The number of para-hydroxylation sites is 1. The molecular weight excluding hydrogens is 388 g/mol. The predicted octanol–water partition coefficient (Wildman–Crippen LogP) is 2.48. The third-order valence-corrected chi connectivity index (χ3v) is 5.64. The van der Waals surface area contributed by atoms with Crippen LogP contribution in [0.5, 0.6) is 0 Å². The van der Waals surface area contributed by atoms with Crippen LogP contribution in [0.4, 0.5) is 5.69 Å². The van der Waals surface area contributed by atoms with Crippen molar-refractivity contribution in [2.24, 2.45) is 0 Å². The molecule has 0 atom stereocenters. The van der Waals surface area contributed by atoms with Gasteiger partial charge in [-0.2, -0.15) is 0 Å². The van der Waals surface area contributed by atoms with Gasteiger partial charge in [-0.3, -0.25) is 24.2 Å². The van der Waals surface area contributed by atoms with E-state index in [0.29, 0.717) is 21.3 Å². The molecule has 2 amide bonds. The number of hydrogen-bond donors (Lipinski definition) is 1. The molecule has 1 aromatic carbocycles. The average Bonchev–Trinajstić information content (AvgIpc) is 3.31. The molecule has 4 rings (SSSR count). The molecule has 0 bridgehead atoms. The summed E-state index contributed by atoms with van der Waals surface area (Å²) in [6, 6.07) is 10.3. The molecule has 0 unspecified atom stereocenters. The highest BCUT2D eigenvalue weighted by atomic mass is 32.2. The molecule has 2 aliphatic heterocycles. The Bertz CT molecular complexity index is 1010. The highest BCUT2D eigenvalue weighted by Crippen LogP contribution is 2.44. The molecule has 1 saturated heterocycles. The molecule has 1 aromatic heterocycles. The van der Waals surface area contributed by atoms with Gasteiger partial charge in [0.25, 0.3) is 11.8 Å². The Morgan fingerprint density at radius 1 is 1.11 bits per heavy atom. The van der Waals surface area contributed by atoms with Gasteiger partial charge in [0.15, 0.2) is 0 Å². The number of amides is 2. The number of fused-ring (bicyclic) bond motifs is 1. The molecule has 136 valence electrons. The zero-order valence-corrected chi connectivity index (χ0v) is 15.4. The van der Waals surface area contributed by atoms with Crippen LogP contribution in [0.3, 0.4) is 0 Å². The highest BCUT2D eigenvalue weighted by molar-refractivity contribution is 8.26. The number of carboxylic acids is 1. The second kappa shape index (κ2) is 6.67. The minimum atomic E-state index is -1.13. The summed E-state index contributed by atoms with van der Waals surface area (Å²) in [6.45, 7) is -0.310. The van der Waals surface area contributed by atoms with Gasteiger partial charge >= 0.3 is 5.97 Å². The van der Waals surface area contributed by atoms with Crippen LogP contribution in [-0.2, 0) is 20.9 Å². The Morgan fingerprint density at radius 2 is 1.89 bits per heavy atom. The van der Waals surface area contributed by atoms with E-state index in [2.05, 4.69) is 0 Å². The van der Waals surface area contributed by atoms with Crippen LogP contribution in [0.15, 0.2) is 52.0 Å². The van der Waals surface area contributed by atoms with Crippen molar-refractivity contribution in [1.29, 1.82) is 0 Å². The SMILES string of the molecule is O=C(O)CN1C(=O)/C(=C2\SC(=S)N(Cc3ccco3)C2=O)c2ccccc21. The number of carboxylic acid groups (broad SMARTS) is 1. The third kappa shape index (κ3) is 2.94. The quantitative estimate of drug-likeness (QED) is 0.623. The van der Waals surface area contributed by atoms with E-state index < -0.39 is 24.3 Å². The minimum absolute atomic E-state index is 0.170. The van der Waals surface area contributed by atoms with Gasteiger partial charge in [-0.05, 0) is 18.2 Å². The molecule has 0 aliphatic carbocycles. The zero-order chi connectivity index (χ0) is 19.1. The van der Waals surface area contributed by atoms with Crippen LogP contribution >= 0.6 is 24.0 Å². The van der Waals surface area contributed by atoms with Crippen LogP contribution in [0.1, 0.15) is 11.3 Å². The maximum Gasteiger partial charge on any atom is 0.323 e. The summed E-state index contributed by atoms with van der Waals surface area (Å²) in [7, 11) is 0. The van der Waals surface area contributed by atoms with Gasteiger partial charge in [-0.25, -0.2) is 0 Å². The number of aliphatic carboxylic acids is 1. The summed E-state index contributed by atoms with van der Waals surface area (Å²) in [5.74, 6) is -1.47. The lowest BCUT2D eigenvalue weighted by Gasteiger charge is -2.14. The van der Waals surface area contributed by atoms with E-state index in [1.807, 2.05) is 0 Å². The summed E-state index contributed by atoms with van der Waals surface area (Å²) < 4.78 is 5.59. The Hall–Kier alpha value is -2.91. The van der Waals surface area contributed by atoms with E-state index in [-0.39, 0.29) is 17.0 Å². The number of benzene rings is 1. The molecule has 0 radical (unpaired) electrons. The van der Waals surface area contributed by atoms with Crippen molar-refractivity contribution in [1.82, 2.24) is 4.90 Å². The van der Waals surface area contributed by atoms with Gasteiger partial charge in [-0.1, -0.05) is 42.2 Å². The van der Waals surface area contributed by atoms with Crippen LogP contribution in [0, 0.1) is 0 Å². The number of furan rings is 1. The summed E-state index contributed by atoms with van der Waals surface area (Å²) in [6.07, 6.45) is 1.51. The summed E-state index contributed by atoms with van der Waals surface area (Å²) in [5.41, 5.74) is 1.18. The monoisotopic (exact) mass is 400 g/mol. The van der Waals surface area contributed by atoms with Gasteiger partial charge in [-0.15, -0.1) is 0 Å². The summed E-state index contributed by atoms with van der Waals surface area (Å²) >= 11 is 6.35. The second-order valence-corrected chi connectivity index (χ2v) is 7.49. The molecule has 3 heterocycles. The molecular formula is C18H12N2O5S2. The standard InChI is InChI=1S/C18H12N2O5S2/c21-13(22)9-19-12-6-2-1-5-11(12)14(16(19)23)15-17(24)20(18(26)27-15)8-10-4-3-7-25-10/h1-7H,8-9H2,(H,21,22)/b15-14-. The fourth-order valence-electron chi connectivity index (χ4n) is 3.04. The first-order valence-electron chi connectivity index (χ1n) is 7.90. The molecule has 2 aromatic rings. The molecule has 9 heteroatoms. The number of carbonyl (C=O) groups is 3. The first-order valence-corrected chi connectivity index (χ1v) is 9.13. The van der Waals surface area contributed by atoms with Crippen molar-refractivity contribution in [3.8, 4) is 0 Å². The Balaban J connectivity index is 1.76. The Labute approximate surface area is 163 Å². The van der Waals surface area contributed by atoms with E-state index in [0.717, 1.165) is 16.7 Å². The van der Waals surface area contributed by atoms with Crippen LogP contribution < -0.4 is 4.90 Å². The maximum absolute atomic E-state index is 12.9. The number of hydrogen-bond acceptors (Lipinski definition) is 6. The highest BCUT2D eigenvalue weighted by Gasteiger charge is 2.42. The lowest BCUT2D eigenvalue weighted by molar-refractivity contribution is -0.136. The van der Waals surface area contributed by atoms with E-state index in [1.165, 1.54) is 11.2 Å². The van der Waals surface area contributed by atoms with E-state index in [9.17, 15) is 14.4 Å². The van der Waals surface area contributed by atoms with Crippen molar-refractivity contribution in [2.75, 3.05) is 11.4 Å². The van der Waals surface area contributed by atoms with Gasteiger partial charge in [0.1, 0.15) is 16.6 Å². The van der Waals surface area contributed by atoms with Crippen LogP contribution in [-0.4, -0.2) is 38.7 Å². The number of rotatable bonds is 4. The van der Waals surface area contributed by atoms with Crippen molar-refractivity contribution in [3.63, 3.8) is 0 Å². The molecule has 1 N–H and O–H groups in total. The summed E-state index contributed by atoms with van der Waals surface area (Å²) in [5, 5.41) is 9.13. The Kier molecular flexibility index (Phi) is 4.33. The molecule has 2 aliphatic rings. The average molecular weight is 400 g/mol. The third-order valence-electron chi connectivity index (χ3n) is 4.19. The normalized spacial score (nSPS) is 19.2.